The molecule has 2 N–H and O–H groups in total. The molecule has 3 amide bonds. The van der Waals surface area contributed by atoms with E-state index >= 15 is 0 Å². The maximum Gasteiger partial charge on any atom is 0.277 e. The quantitative estimate of drug-likeness (QED) is 0.653. The van der Waals surface area contributed by atoms with Crippen LogP contribution in [0.4, 0.5) is 0 Å². The number of aliphatic hydroxyl groups is 1. The Morgan fingerprint density at radius 2 is 1.94 bits per heavy atom. The molecule has 3 aliphatic rings. The van der Waals surface area contributed by atoms with Gasteiger partial charge < -0.3 is 20.2 Å². The number of aryl methyl sites for hydroxylation is 1. The Kier molecular flexibility index (Phi) is 6.42. The van der Waals surface area contributed by atoms with Crippen LogP contribution >= 0.6 is 11.3 Å². The third kappa shape index (κ3) is 4.22. The molecule has 190 valence electrons. The van der Waals surface area contributed by atoms with Crippen LogP contribution in [0, 0.1) is 6.92 Å². The van der Waals surface area contributed by atoms with Gasteiger partial charge in [0.25, 0.3) is 5.91 Å². The molecule has 10 heteroatoms. The minimum atomic E-state index is -1.07. The van der Waals surface area contributed by atoms with E-state index in [-0.39, 0.29) is 30.7 Å². The van der Waals surface area contributed by atoms with Crippen LogP contribution in [-0.2, 0) is 19.9 Å². The van der Waals surface area contributed by atoms with Gasteiger partial charge in [0.05, 0.1) is 28.2 Å². The largest absolute Gasteiger partial charge is 0.391 e. The van der Waals surface area contributed by atoms with Crippen molar-refractivity contribution >= 4 is 34.9 Å². The molecule has 4 atom stereocenters. The molecule has 36 heavy (non-hydrogen) atoms. The lowest BCUT2D eigenvalue weighted by Gasteiger charge is -2.38. The minimum Gasteiger partial charge on any atom is -0.391 e. The summed E-state index contributed by atoms with van der Waals surface area (Å²) in [6.07, 6.45) is 1.91. The Morgan fingerprint density at radius 1 is 1.19 bits per heavy atom. The van der Waals surface area contributed by atoms with Crippen LogP contribution in [0.5, 0.6) is 0 Å². The van der Waals surface area contributed by atoms with Gasteiger partial charge in [0.1, 0.15) is 17.4 Å². The predicted molar refractivity (Wildman–Crippen MR) is 136 cm³/mol. The highest BCUT2D eigenvalue weighted by Gasteiger charge is 2.48. The van der Waals surface area contributed by atoms with Gasteiger partial charge in [-0.1, -0.05) is 24.3 Å². The van der Waals surface area contributed by atoms with Gasteiger partial charge in [-0.15, -0.1) is 11.3 Å². The van der Waals surface area contributed by atoms with Gasteiger partial charge in [-0.3, -0.25) is 14.4 Å². The molecule has 2 fully saturated rings. The molecule has 2 saturated heterocycles. The Balaban J connectivity index is 1.37. The van der Waals surface area contributed by atoms with Crippen molar-refractivity contribution < 1.29 is 19.5 Å². The highest BCUT2D eigenvalue weighted by atomic mass is 32.1. The lowest BCUT2D eigenvalue weighted by atomic mass is 9.91. The van der Waals surface area contributed by atoms with Crippen LogP contribution in [0.25, 0.3) is 10.4 Å². The standard InChI is InChI=1S/C26H31N5O4S/c1-15-22(36-14-27-15)17-7-9-18(10-8-17)26(3)25(35)28-23(29-26)21-12-19(33)13-31(21)24(34)20-6-4-5-11-30(20)16(2)32/h7-10,14,19-21,33H,4-6,11-13H2,1-3H3,(H,28,29,35)/t19-,20?,21+,26?/m1/s1. The Hall–Kier alpha value is -3.11. The zero-order valence-electron chi connectivity index (χ0n) is 20.7. The predicted octanol–water partition coefficient (Wildman–Crippen LogP) is 2.22. The Labute approximate surface area is 214 Å². The summed E-state index contributed by atoms with van der Waals surface area (Å²) in [4.78, 5) is 51.8. The lowest BCUT2D eigenvalue weighted by Crippen LogP contribution is -2.56. The van der Waals surface area contributed by atoms with Gasteiger partial charge in [-0.25, -0.2) is 4.98 Å². The number of hydrogen-bond acceptors (Lipinski definition) is 7. The van der Waals surface area contributed by atoms with Gasteiger partial charge in [0.2, 0.25) is 11.8 Å². The number of hydrogen-bond donors (Lipinski definition) is 2. The Bertz CT molecular complexity index is 1230. The first-order valence-corrected chi connectivity index (χ1v) is 13.2. The summed E-state index contributed by atoms with van der Waals surface area (Å²) in [7, 11) is 0. The number of amides is 3. The van der Waals surface area contributed by atoms with Crippen LogP contribution < -0.4 is 5.32 Å². The van der Waals surface area contributed by atoms with Crippen LogP contribution in [0.15, 0.2) is 34.8 Å². The number of aliphatic hydroxyl groups excluding tert-OH is 1. The maximum absolute atomic E-state index is 13.6. The van der Waals surface area contributed by atoms with Crippen molar-refractivity contribution in [2.24, 2.45) is 4.99 Å². The Morgan fingerprint density at radius 3 is 2.61 bits per heavy atom. The fourth-order valence-corrected chi connectivity index (χ4v) is 6.33. The van der Waals surface area contributed by atoms with Crippen LogP contribution in [-0.4, -0.2) is 74.7 Å². The summed E-state index contributed by atoms with van der Waals surface area (Å²) in [6, 6.07) is 6.68. The van der Waals surface area contributed by atoms with Crippen LogP contribution in [0.2, 0.25) is 0 Å². The highest BCUT2D eigenvalue weighted by Crippen LogP contribution is 2.34. The summed E-state index contributed by atoms with van der Waals surface area (Å²) < 4.78 is 0. The third-order valence-electron chi connectivity index (χ3n) is 7.57. The average Bonchev–Trinajstić information content (AvgIpc) is 3.56. The topological polar surface area (TPSA) is 115 Å². The number of nitrogens with one attached hydrogen (secondary N) is 1. The zero-order valence-corrected chi connectivity index (χ0v) is 21.5. The molecule has 1 aromatic heterocycles. The van der Waals surface area contributed by atoms with Crippen molar-refractivity contribution in [1.29, 1.82) is 0 Å². The van der Waals surface area contributed by atoms with Gasteiger partial charge >= 0.3 is 0 Å². The van der Waals surface area contributed by atoms with E-state index < -0.39 is 23.7 Å². The monoisotopic (exact) mass is 509 g/mol. The number of aliphatic imine (C=N–C) groups is 1. The number of carbonyl (C=O) groups is 3. The fraction of sp³-hybridized carbons (Fsp3) is 0.500. The van der Waals surface area contributed by atoms with Crippen LogP contribution in [0.1, 0.15) is 50.8 Å². The number of β-amino-alcohol motifs (C(OH)–C–C–N with tert-alkyl or cyclic N) is 1. The second-order valence-corrected chi connectivity index (χ2v) is 10.9. The third-order valence-corrected chi connectivity index (χ3v) is 8.55. The van der Waals surface area contributed by atoms with E-state index in [0.717, 1.165) is 34.5 Å². The number of piperidine rings is 1. The first kappa shape index (κ1) is 24.6. The van der Waals surface area contributed by atoms with Crippen molar-refractivity contribution in [2.45, 2.75) is 70.2 Å². The molecular formula is C26H31N5O4S. The summed E-state index contributed by atoms with van der Waals surface area (Å²) in [5.74, 6) is -0.266. The van der Waals surface area contributed by atoms with Gasteiger partial charge in [-0.05, 0) is 44.2 Å². The van der Waals surface area contributed by atoms with E-state index in [1.165, 1.54) is 6.92 Å². The van der Waals surface area contributed by atoms with Crippen molar-refractivity contribution in [3.8, 4) is 10.4 Å². The summed E-state index contributed by atoms with van der Waals surface area (Å²) in [5, 5.41) is 13.8. The second kappa shape index (κ2) is 9.40. The van der Waals surface area contributed by atoms with E-state index in [4.69, 9.17) is 0 Å². The average molecular weight is 510 g/mol. The number of thiazole rings is 1. The molecule has 0 aliphatic carbocycles. The number of amidine groups is 1. The lowest BCUT2D eigenvalue weighted by molar-refractivity contribution is -0.146. The van der Waals surface area contributed by atoms with Gasteiger partial charge in [0.15, 0.2) is 0 Å². The number of likely N-dealkylation sites (tertiary alicyclic amines) is 2. The van der Waals surface area contributed by atoms with E-state index in [0.29, 0.717) is 18.8 Å². The molecule has 2 unspecified atom stereocenters. The normalized spacial score (nSPS) is 28.3. The van der Waals surface area contributed by atoms with Crippen LogP contribution in [0.3, 0.4) is 0 Å². The molecule has 3 aliphatic heterocycles. The fourth-order valence-electron chi connectivity index (χ4n) is 5.52. The molecule has 1 aromatic carbocycles. The minimum absolute atomic E-state index is 0.125. The van der Waals surface area contributed by atoms with E-state index in [9.17, 15) is 19.5 Å². The number of aromatic nitrogens is 1. The van der Waals surface area contributed by atoms with E-state index in [1.807, 2.05) is 36.7 Å². The van der Waals surface area contributed by atoms with E-state index in [1.54, 1.807) is 28.1 Å². The van der Waals surface area contributed by atoms with Crippen molar-refractivity contribution in [3.63, 3.8) is 0 Å². The molecule has 0 bridgehead atoms. The molecule has 2 aromatic rings. The van der Waals surface area contributed by atoms with E-state index in [2.05, 4.69) is 15.3 Å². The van der Waals surface area contributed by atoms with Gasteiger partial charge in [-0.2, -0.15) is 4.99 Å². The summed E-state index contributed by atoms with van der Waals surface area (Å²) >= 11 is 1.57. The zero-order chi connectivity index (χ0) is 25.6. The number of rotatable bonds is 4. The second-order valence-electron chi connectivity index (χ2n) is 10.0. The maximum atomic E-state index is 13.6. The number of benzene rings is 1. The molecule has 0 saturated carbocycles. The number of carbonyl (C=O) groups excluding carboxylic acids is 3. The van der Waals surface area contributed by atoms with Crippen molar-refractivity contribution in [3.05, 3.63) is 41.0 Å². The first-order valence-electron chi connectivity index (χ1n) is 12.4. The molecule has 0 radical (unpaired) electrons. The highest BCUT2D eigenvalue weighted by molar-refractivity contribution is 7.13. The van der Waals surface area contributed by atoms with Crippen molar-refractivity contribution in [1.82, 2.24) is 20.1 Å². The van der Waals surface area contributed by atoms with Gasteiger partial charge in [0, 0.05) is 26.4 Å². The summed E-state index contributed by atoms with van der Waals surface area (Å²) in [5.41, 5.74) is 3.50. The first-order chi connectivity index (χ1) is 17.2. The molecule has 5 rings (SSSR count). The smallest absolute Gasteiger partial charge is 0.277 e. The number of nitrogens with zero attached hydrogens (tertiary/aromatic N) is 4. The molecular weight excluding hydrogens is 478 g/mol. The van der Waals surface area contributed by atoms with Crippen molar-refractivity contribution in [2.75, 3.05) is 13.1 Å². The molecule has 9 nitrogen and oxygen atoms in total. The molecule has 0 spiro atoms. The SMILES string of the molecule is CC(=O)N1CCCCC1C(=O)N1C[C@H](O)C[C@H]1C1=NC(=O)C(C)(c2ccc(-c3scnc3C)cc2)N1. The molecule has 4 heterocycles. The summed E-state index contributed by atoms with van der Waals surface area (Å²) in [6.45, 7) is 5.94.